The molecule has 0 heterocycles. The van der Waals surface area contributed by atoms with Gasteiger partial charge in [-0.25, -0.2) is 4.99 Å². The lowest BCUT2D eigenvalue weighted by molar-refractivity contribution is 0.921. The second-order valence-corrected chi connectivity index (χ2v) is 3.93. The van der Waals surface area contributed by atoms with Crippen molar-refractivity contribution < 1.29 is 0 Å². The Morgan fingerprint density at radius 1 is 1.43 bits per heavy atom. The summed E-state index contributed by atoms with van der Waals surface area (Å²) in [4.78, 5) is 3.99. The molecular formula is C10H14BrN3. The van der Waals surface area contributed by atoms with Crippen LogP contribution in [0.1, 0.15) is 18.9 Å². The van der Waals surface area contributed by atoms with Gasteiger partial charge in [-0.15, -0.1) is 0 Å². The highest BCUT2D eigenvalue weighted by Crippen LogP contribution is 2.26. The highest BCUT2D eigenvalue weighted by Gasteiger charge is 1.99. The molecule has 0 radical (unpaired) electrons. The highest BCUT2D eigenvalue weighted by atomic mass is 79.9. The maximum Gasteiger partial charge on any atom is 0.191 e. The third-order valence-electron chi connectivity index (χ3n) is 1.80. The summed E-state index contributed by atoms with van der Waals surface area (Å²) >= 11 is 3.43. The van der Waals surface area contributed by atoms with Gasteiger partial charge >= 0.3 is 0 Å². The molecule has 0 amide bonds. The first-order valence-corrected chi connectivity index (χ1v) is 5.31. The molecule has 0 aliphatic rings. The minimum atomic E-state index is 0.0777. The van der Waals surface area contributed by atoms with Crippen LogP contribution < -0.4 is 11.5 Å². The summed E-state index contributed by atoms with van der Waals surface area (Å²) in [6, 6.07) is 6.00. The number of aryl methyl sites for hydroxylation is 1. The molecule has 1 aromatic rings. The molecule has 1 rings (SSSR count). The van der Waals surface area contributed by atoms with E-state index in [0.717, 1.165) is 23.0 Å². The number of guanidine groups is 1. The average molecular weight is 256 g/mol. The number of nitrogens with zero attached hydrogens (tertiary/aromatic N) is 1. The Hall–Kier alpha value is -1.03. The fraction of sp³-hybridized carbons (Fsp3) is 0.300. The molecule has 0 bridgehead atoms. The SMILES string of the molecule is CCCc1ccc(N=C(N)N)c(Br)c1. The first-order valence-electron chi connectivity index (χ1n) is 4.51. The van der Waals surface area contributed by atoms with Crippen LogP contribution in [0.25, 0.3) is 0 Å². The first kappa shape index (κ1) is 11.0. The lowest BCUT2D eigenvalue weighted by Gasteiger charge is -2.02. The van der Waals surface area contributed by atoms with Gasteiger partial charge in [0.05, 0.1) is 5.69 Å². The van der Waals surface area contributed by atoms with Crippen LogP contribution in [0.3, 0.4) is 0 Å². The molecule has 0 aromatic heterocycles. The van der Waals surface area contributed by atoms with E-state index < -0.39 is 0 Å². The summed E-state index contributed by atoms with van der Waals surface area (Å²) < 4.78 is 0.928. The van der Waals surface area contributed by atoms with E-state index in [1.807, 2.05) is 18.2 Å². The highest BCUT2D eigenvalue weighted by molar-refractivity contribution is 9.10. The summed E-state index contributed by atoms with van der Waals surface area (Å²) in [5.41, 5.74) is 12.6. The maximum absolute atomic E-state index is 5.30. The standard InChI is InChI=1S/C10H14BrN3/c1-2-3-7-4-5-9(8(11)6-7)14-10(12)13/h4-6H,2-3H2,1H3,(H4,12,13,14). The fourth-order valence-corrected chi connectivity index (χ4v) is 1.74. The molecule has 14 heavy (non-hydrogen) atoms. The predicted octanol–water partition coefficient (Wildman–Crippen LogP) is 2.31. The largest absolute Gasteiger partial charge is 0.370 e. The van der Waals surface area contributed by atoms with Gasteiger partial charge in [0, 0.05) is 4.47 Å². The normalized spacial score (nSPS) is 9.86. The molecule has 0 atom stereocenters. The molecule has 0 saturated carbocycles. The Morgan fingerprint density at radius 2 is 2.14 bits per heavy atom. The zero-order valence-corrected chi connectivity index (χ0v) is 9.71. The molecule has 3 nitrogen and oxygen atoms in total. The molecule has 0 fully saturated rings. The van der Waals surface area contributed by atoms with E-state index in [1.54, 1.807) is 0 Å². The van der Waals surface area contributed by atoms with E-state index in [4.69, 9.17) is 11.5 Å². The van der Waals surface area contributed by atoms with Crippen molar-refractivity contribution >= 4 is 27.6 Å². The van der Waals surface area contributed by atoms with E-state index in [2.05, 4.69) is 27.8 Å². The number of hydrogen-bond acceptors (Lipinski definition) is 1. The van der Waals surface area contributed by atoms with Gasteiger partial charge in [0.2, 0.25) is 0 Å². The van der Waals surface area contributed by atoms with Crippen molar-refractivity contribution in [2.24, 2.45) is 16.5 Å². The van der Waals surface area contributed by atoms with Gasteiger partial charge in [0.1, 0.15) is 0 Å². The van der Waals surface area contributed by atoms with Crippen molar-refractivity contribution in [3.63, 3.8) is 0 Å². The Balaban J connectivity index is 2.95. The van der Waals surface area contributed by atoms with Crippen LogP contribution in [0.5, 0.6) is 0 Å². The average Bonchev–Trinajstić information content (AvgIpc) is 2.10. The van der Waals surface area contributed by atoms with Crippen molar-refractivity contribution in [2.45, 2.75) is 19.8 Å². The van der Waals surface area contributed by atoms with Gasteiger partial charge in [-0.3, -0.25) is 0 Å². The molecule has 76 valence electrons. The molecule has 0 saturated heterocycles. The van der Waals surface area contributed by atoms with Gasteiger partial charge in [0.25, 0.3) is 0 Å². The maximum atomic E-state index is 5.30. The van der Waals surface area contributed by atoms with E-state index in [1.165, 1.54) is 5.56 Å². The van der Waals surface area contributed by atoms with E-state index >= 15 is 0 Å². The van der Waals surface area contributed by atoms with Crippen molar-refractivity contribution in [1.82, 2.24) is 0 Å². The minimum absolute atomic E-state index is 0.0777. The Bertz CT molecular complexity index is 343. The van der Waals surface area contributed by atoms with Gasteiger partial charge in [0.15, 0.2) is 5.96 Å². The second-order valence-electron chi connectivity index (χ2n) is 3.07. The number of rotatable bonds is 3. The second kappa shape index (κ2) is 5.00. The lowest BCUT2D eigenvalue weighted by atomic mass is 10.1. The monoisotopic (exact) mass is 255 g/mol. The van der Waals surface area contributed by atoms with Gasteiger partial charge in [-0.2, -0.15) is 0 Å². The third-order valence-corrected chi connectivity index (χ3v) is 2.44. The molecule has 4 heteroatoms. The summed E-state index contributed by atoms with van der Waals surface area (Å²) in [6.07, 6.45) is 2.20. The Kier molecular flexibility index (Phi) is 3.95. The Labute approximate surface area is 92.3 Å². The molecule has 4 N–H and O–H groups in total. The van der Waals surface area contributed by atoms with Crippen molar-refractivity contribution in [3.8, 4) is 0 Å². The van der Waals surface area contributed by atoms with Crippen molar-refractivity contribution in [3.05, 3.63) is 28.2 Å². The number of nitrogens with two attached hydrogens (primary N) is 2. The minimum Gasteiger partial charge on any atom is -0.370 e. The zero-order chi connectivity index (χ0) is 10.6. The number of aliphatic imine (C=N–C) groups is 1. The predicted molar refractivity (Wildman–Crippen MR) is 63.6 cm³/mol. The Morgan fingerprint density at radius 3 is 2.64 bits per heavy atom. The molecule has 0 aliphatic heterocycles. The number of hydrogen-bond donors (Lipinski definition) is 2. The smallest absolute Gasteiger partial charge is 0.191 e. The summed E-state index contributed by atoms with van der Waals surface area (Å²) in [5, 5.41) is 0. The molecular weight excluding hydrogens is 242 g/mol. The van der Waals surface area contributed by atoms with Gasteiger partial charge < -0.3 is 11.5 Å². The van der Waals surface area contributed by atoms with Crippen LogP contribution in [0.2, 0.25) is 0 Å². The summed E-state index contributed by atoms with van der Waals surface area (Å²) in [6.45, 7) is 2.15. The molecule has 1 aromatic carbocycles. The van der Waals surface area contributed by atoms with Crippen LogP contribution in [-0.2, 0) is 6.42 Å². The van der Waals surface area contributed by atoms with E-state index in [-0.39, 0.29) is 5.96 Å². The van der Waals surface area contributed by atoms with Crippen molar-refractivity contribution in [1.29, 1.82) is 0 Å². The number of halogens is 1. The van der Waals surface area contributed by atoms with Crippen LogP contribution in [0.15, 0.2) is 27.7 Å². The van der Waals surface area contributed by atoms with Gasteiger partial charge in [-0.1, -0.05) is 19.4 Å². The first-order chi connectivity index (χ1) is 6.63. The van der Waals surface area contributed by atoms with E-state index in [9.17, 15) is 0 Å². The quantitative estimate of drug-likeness (QED) is 0.643. The third kappa shape index (κ3) is 3.03. The van der Waals surface area contributed by atoms with Crippen LogP contribution in [0, 0.1) is 0 Å². The molecule has 0 aliphatic carbocycles. The fourth-order valence-electron chi connectivity index (χ4n) is 1.22. The lowest BCUT2D eigenvalue weighted by Crippen LogP contribution is -2.21. The van der Waals surface area contributed by atoms with Crippen LogP contribution in [0.4, 0.5) is 5.69 Å². The van der Waals surface area contributed by atoms with Crippen molar-refractivity contribution in [2.75, 3.05) is 0 Å². The summed E-state index contributed by atoms with van der Waals surface area (Å²) in [5.74, 6) is 0.0777. The van der Waals surface area contributed by atoms with Crippen LogP contribution in [-0.4, -0.2) is 5.96 Å². The van der Waals surface area contributed by atoms with Crippen LogP contribution >= 0.6 is 15.9 Å². The number of benzene rings is 1. The zero-order valence-electron chi connectivity index (χ0n) is 8.13. The molecule has 0 spiro atoms. The van der Waals surface area contributed by atoms with Gasteiger partial charge in [-0.05, 0) is 40.0 Å². The molecule has 0 unspecified atom stereocenters. The topological polar surface area (TPSA) is 64.4 Å². The van der Waals surface area contributed by atoms with E-state index in [0.29, 0.717) is 0 Å². The summed E-state index contributed by atoms with van der Waals surface area (Å²) in [7, 11) is 0.